The first-order valence-corrected chi connectivity index (χ1v) is 12.2. The van der Waals surface area contributed by atoms with E-state index in [1.807, 2.05) is 25.1 Å². The minimum absolute atomic E-state index is 0.229. The molecule has 7 nitrogen and oxygen atoms in total. The molecule has 0 saturated carbocycles. The second-order valence-corrected chi connectivity index (χ2v) is 9.05. The number of hydrogen-bond donors (Lipinski definition) is 1. The number of nitrogens with one attached hydrogen (secondary N) is 1. The summed E-state index contributed by atoms with van der Waals surface area (Å²) < 4.78 is 11.1. The standard InChI is InChI=1S/C27H32N4O3/c1-2-33-24-10-6-20(7-11-24)17-30-12-14-31(15-13-30)18-26-29-25(19-34-26)27(32)28-23-9-8-21-4-3-5-22(21)16-23/h6-11,16,19H,2-5,12-15,17-18H2,1H3,(H,28,32). The van der Waals surface area contributed by atoms with E-state index in [1.165, 1.54) is 29.4 Å². The van der Waals surface area contributed by atoms with Crippen molar-refractivity contribution in [2.45, 2.75) is 39.3 Å². The summed E-state index contributed by atoms with van der Waals surface area (Å²) in [6, 6.07) is 14.5. The van der Waals surface area contributed by atoms with Crippen LogP contribution < -0.4 is 10.1 Å². The van der Waals surface area contributed by atoms with Gasteiger partial charge in [0.25, 0.3) is 5.91 Å². The topological polar surface area (TPSA) is 70.8 Å². The van der Waals surface area contributed by atoms with E-state index in [9.17, 15) is 4.79 Å². The Morgan fingerprint density at radius 2 is 1.74 bits per heavy atom. The lowest BCUT2D eigenvalue weighted by atomic mass is 10.1. The third kappa shape index (κ3) is 5.48. The first-order valence-electron chi connectivity index (χ1n) is 12.2. The highest BCUT2D eigenvalue weighted by Gasteiger charge is 2.20. The fourth-order valence-electron chi connectivity index (χ4n) is 4.75. The van der Waals surface area contributed by atoms with E-state index in [2.05, 4.69) is 44.4 Å². The van der Waals surface area contributed by atoms with Crippen LogP contribution in [0, 0.1) is 0 Å². The number of benzene rings is 2. The molecular weight excluding hydrogens is 428 g/mol. The van der Waals surface area contributed by atoms with Gasteiger partial charge in [0.15, 0.2) is 5.69 Å². The number of oxazole rings is 1. The number of fused-ring (bicyclic) bond motifs is 1. The summed E-state index contributed by atoms with van der Waals surface area (Å²) in [6.07, 6.45) is 4.86. The molecular formula is C27H32N4O3. The van der Waals surface area contributed by atoms with Crippen molar-refractivity contribution in [3.8, 4) is 5.75 Å². The molecule has 0 atom stereocenters. The molecule has 1 amide bonds. The number of ether oxygens (including phenoxy) is 1. The average Bonchev–Trinajstić information content (AvgIpc) is 3.51. The van der Waals surface area contributed by atoms with E-state index in [0.717, 1.165) is 57.0 Å². The van der Waals surface area contributed by atoms with Gasteiger partial charge in [-0.05, 0) is 67.1 Å². The molecule has 0 radical (unpaired) electrons. The molecule has 1 aliphatic heterocycles. The van der Waals surface area contributed by atoms with Crippen molar-refractivity contribution < 1.29 is 13.9 Å². The lowest BCUT2D eigenvalue weighted by Gasteiger charge is -2.34. The molecule has 7 heteroatoms. The first kappa shape index (κ1) is 22.6. The number of piperazine rings is 1. The lowest BCUT2D eigenvalue weighted by molar-refractivity contribution is 0.102. The Balaban J connectivity index is 1.09. The van der Waals surface area contributed by atoms with E-state index in [1.54, 1.807) is 0 Å². The Bertz CT molecular complexity index is 1120. The summed E-state index contributed by atoms with van der Waals surface area (Å²) in [4.78, 5) is 21.8. The summed E-state index contributed by atoms with van der Waals surface area (Å²) in [5, 5.41) is 2.95. The fraction of sp³-hybridized carbons (Fsp3) is 0.407. The number of aryl methyl sites for hydroxylation is 2. The highest BCUT2D eigenvalue weighted by atomic mass is 16.5. The number of amides is 1. The van der Waals surface area contributed by atoms with Crippen molar-refractivity contribution in [3.63, 3.8) is 0 Å². The van der Waals surface area contributed by atoms with Crippen LogP contribution in [0.25, 0.3) is 0 Å². The van der Waals surface area contributed by atoms with Gasteiger partial charge in [0.1, 0.15) is 12.0 Å². The maximum Gasteiger partial charge on any atom is 0.277 e. The van der Waals surface area contributed by atoms with Crippen molar-refractivity contribution in [1.82, 2.24) is 14.8 Å². The quantitative estimate of drug-likeness (QED) is 0.545. The van der Waals surface area contributed by atoms with E-state index in [-0.39, 0.29) is 5.91 Å². The number of aromatic nitrogens is 1. The molecule has 1 fully saturated rings. The molecule has 1 aromatic heterocycles. The molecule has 0 unspecified atom stereocenters. The van der Waals surface area contributed by atoms with Gasteiger partial charge in [0, 0.05) is 38.4 Å². The Morgan fingerprint density at radius 3 is 2.50 bits per heavy atom. The second-order valence-electron chi connectivity index (χ2n) is 9.05. The molecule has 34 heavy (non-hydrogen) atoms. The number of carbonyl (C=O) groups excluding carboxylic acids is 1. The van der Waals surface area contributed by atoms with Gasteiger partial charge in [-0.1, -0.05) is 18.2 Å². The lowest BCUT2D eigenvalue weighted by Crippen LogP contribution is -2.45. The molecule has 5 rings (SSSR count). The van der Waals surface area contributed by atoms with Crippen LogP contribution in [0.2, 0.25) is 0 Å². The maximum absolute atomic E-state index is 12.6. The zero-order valence-electron chi connectivity index (χ0n) is 19.8. The smallest absolute Gasteiger partial charge is 0.277 e. The Labute approximate surface area is 200 Å². The zero-order chi connectivity index (χ0) is 23.3. The number of rotatable bonds is 8. The highest BCUT2D eigenvalue weighted by molar-refractivity contribution is 6.02. The largest absolute Gasteiger partial charge is 0.494 e. The fourth-order valence-corrected chi connectivity index (χ4v) is 4.75. The predicted octanol–water partition coefficient (Wildman–Crippen LogP) is 4.13. The summed E-state index contributed by atoms with van der Waals surface area (Å²) >= 11 is 0. The molecule has 1 aliphatic carbocycles. The molecule has 1 saturated heterocycles. The third-order valence-electron chi connectivity index (χ3n) is 6.61. The minimum Gasteiger partial charge on any atom is -0.494 e. The molecule has 0 bridgehead atoms. The van der Waals surface area contributed by atoms with Crippen LogP contribution in [0.4, 0.5) is 5.69 Å². The maximum atomic E-state index is 12.6. The van der Waals surface area contributed by atoms with Crippen LogP contribution in [0.1, 0.15) is 46.4 Å². The number of hydrogen-bond acceptors (Lipinski definition) is 6. The molecule has 3 aromatic rings. The molecule has 1 N–H and O–H groups in total. The molecule has 178 valence electrons. The van der Waals surface area contributed by atoms with E-state index in [0.29, 0.717) is 24.7 Å². The Hall–Kier alpha value is -3.16. The summed E-state index contributed by atoms with van der Waals surface area (Å²) in [7, 11) is 0. The van der Waals surface area contributed by atoms with Gasteiger partial charge in [-0.2, -0.15) is 0 Å². The van der Waals surface area contributed by atoms with Crippen LogP contribution in [0.15, 0.2) is 53.1 Å². The SMILES string of the molecule is CCOc1ccc(CN2CCN(Cc3nc(C(=O)Nc4ccc5c(c4)CCC5)co3)CC2)cc1. The number of nitrogens with zero attached hydrogens (tertiary/aromatic N) is 3. The van der Waals surface area contributed by atoms with Gasteiger partial charge < -0.3 is 14.5 Å². The third-order valence-corrected chi connectivity index (χ3v) is 6.61. The summed E-state index contributed by atoms with van der Waals surface area (Å²) in [5.41, 5.74) is 5.16. The average molecular weight is 461 g/mol. The summed E-state index contributed by atoms with van der Waals surface area (Å²) in [5.74, 6) is 1.27. The Kier molecular flexibility index (Phi) is 6.92. The van der Waals surface area contributed by atoms with Crippen LogP contribution in [0.5, 0.6) is 5.75 Å². The van der Waals surface area contributed by atoms with Gasteiger partial charge >= 0.3 is 0 Å². The van der Waals surface area contributed by atoms with Crippen molar-refractivity contribution >= 4 is 11.6 Å². The van der Waals surface area contributed by atoms with Crippen LogP contribution in [0.3, 0.4) is 0 Å². The van der Waals surface area contributed by atoms with Crippen molar-refractivity contribution in [3.05, 3.63) is 77.0 Å². The van der Waals surface area contributed by atoms with E-state index in [4.69, 9.17) is 9.15 Å². The van der Waals surface area contributed by atoms with Gasteiger partial charge in [0.05, 0.1) is 13.2 Å². The van der Waals surface area contributed by atoms with Crippen molar-refractivity contribution in [2.24, 2.45) is 0 Å². The second kappa shape index (κ2) is 10.4. The molecule has 2 aromatic carbocycles. The molecule has 2 heterocycles. The van der Waals surface area contributed by atoms with E-state index >= 15 is 0 Å². The monoisotopic (exact) mass is 460 g/mol. The first-order chi connectivity index (χ1) is 16.7. The van der Waals surface area contributed by atoms with Gasteiger partial charge in [-0.15, -0.1) is 0 Å². The normalized spacial score (nSPS) is 16.4. The van der Waals surface area contributed by atoms with Gasteiger partial charge in [-0.25, -0.2) is 4.98 Å². The predicted molar refractivity (Wildman–Crippen MR) is 131 cm³/mol. The number of anilines is 1. The van der Waals surface area contributed by atoms with Crippen molar-refractivity contribution in [1.29, 1.82) is 0 Å². The highest BCUT2D eigenvalue weighted by Crippen LogP contribution is 2.25. The number of carbonyl (C=O) groups is 1. The minimum atomic E-state index is -0.229. The molecule has 2 aliphatic rings. The van der Waals surface area contributed by atoms with Crippen LogP contribution >= 0.6 is 0 Å². The van der Waals surface area contributed by atoms with Crippen molar-refractivity contribution in [2.75, 3.05) is 38.1 Å². The Morgan fingerprint density at radius 1 is 1.00 bits per heavy atom. The molecule has 0 spiro atoms. The van der Waals surface area contributed by atoms with Gasteiger partial charge in [0.2, 0.25) is 5.89 Å². The van der Waals surface area contributed by atoms with Crippen LogP contribution in [-0.2, 0) is 25.9 Å². The summed E-state index contributed by atoms with van der Waals surface area (Å²) in [6.45, 7) is 8.09. The van der Waals surface area contributed by atoms with Crippen LogP contribution in [-0.4, -0.2) is 53.5 Å². The van der Waals surface area contributed by atoms with Gasteiger partial charge in [-0.3, -0.25) is 14.6 Å². The van der Waals surface area contributed by atoms with E-state index < -0.39 is 0 Å². The zero-order valence-corrected chi connectivity index (χ0v) is 19.8.